The van der Waals surface area contributed by atoms with Crippen LogP contribution in [0.5, 0.6) is 0 Å². The molecule has 2 rings (SSSR count). The van der Waals surface area contributed by atoms with Gasteiger partial charge in [0.2, 0.25) is 5.91 Å². The van der Waals surface area contributed by atoms with Gasteiger partial charge in [-0.05, 0) is 37.8 Å². The number of para-hydroxylation sites is 1. The van der Waals surface area contributed by atoms with Crippen LogP contribution in [0.25, 0.3) is 0 Å². The van der Waals surface area contributed by atoms with Gasteiger partial charge >= 0.3 is 0 Å². The van der Waals surface area contributed by atoms with Crippen molar-refractivity contribution in [2.75, 3.05) is 4.90 Å². The molecule has 15 heavy (non-hydrogen) atoms. The molecule has 0 unspecified atom stereocenters. The van der Waals surface area contributed by atoms with Crippen molar-refractivity contribution in [3.05, 3.63) is 30.3 Å². The highest BCUT2D eigenvalue weighted by Crippen LogP contribution is 2.36. The molecular formula is C13H17NO. The van der Waals surface area contributed by atoms with Crippen LogP contribution in [0.2, 0.25) is 0 Å². The van der Waals surface area contributed by atoms with Crippen molar-refractivity contribution in [1.82, 2.24) is 0 Å². The van der Waals surface area contributed by atoms with Crippen molar-refractivity contribution in [1.29, 1.82) is 0 Å². The summed E-state index contributed by atoms with van der Waals surface area (Å²) in [6.07, 6.45) is 2.52. The molecule has 1 saturated carbocycles. The fourth-order valence-corrected chi connectivity index (χ4v) is 2.08. The number of carbonyl (C=O) groups is 1. The maximum atomic E-state index is 11.6. The van der Waals surface area contributed by atoms with Gasteiger partial charge in [0.15, 0.2) is 0 Å². The minimum Gasteiger partial charge on any atom is -0.310 e. The molecule has 1 fully saturated rings. The van der Waals surface area contributed by atoms with Crippen molar-refractivity contribution in [3.63, 3.8) is 0 Å². The van der Waals surface area contributed by atoms with E-state index in [0.717, 1.165) is 5.69 Å². The summed E-state index contributed by atoms with van der Waals surface area (Å²) >= 11 is 0. The van der Waals surface area contributed by atoms with E-state index in [0.29, 0.717) is 12.0 Å². The van der Waals surface area contributed by atoms with Gasteiger partial charge < -0.3 is 4.90 Å². The molecule has 0 heterocycles. The van der Waals surface area contributed by atoms with Gasteiger partial charge in [-0.1, -0.05) is 18.2 Å². The van der Waals surface area contributed by atoms with Crippen LogP contribution in [0, 0.1) is 5.92 Å². The number of benzene rings is 1. The van der Waals surface area contributed by atoms with Gasteiger partial charge in [0, 0.05) is 18.7 Å². The van der Waals surface area contributed by atoms with Crippen molar-refractivity contribution < 1.29 is 4.79 Å². The predicted octanol–water partition coefficient (Wildman–Crippen LogP) is 2.84. The maximum absolute atomic E-state index is 11.6. The molecule has 0 bridgehead atoms. The van der Waals surface area contributed by atoms with Gasteiger partial charge in [0.05, 0.1) is 0 Å². The van der Waals surface area contributed by atoms with Crippen LogP contribution in [0.15, 0.2) is 30.3 Å². The third kappa shape index (κ3) is 2.20. The van der Waals surface area contributed by atoms with Gasteiger partial charge in [-0.3, -0.25) is 4.79 Å². The molecule has 2 nitrogen and oxygen atoms in total. The molecule has 0 spiro atoms. The third-order valence-corrected chi connectivity index (χ3v) is 3.09. The zero-order valence-electron chi connectivity index (χ0n) is 9.31. The Morgan fingerprint density at radius 1 is 1.33 bits per heavy atom. The molecular weight excluding hydrogens is 186 g/mol. The summed E-state index contributed by atoms with van der Waals surface area (Å²) in [5.41, 5.74) is 1.02. The van der Waals surface area contributed by atoms with Crippen molar-refractivity contribution in [2.24, 2.45) is 5.92 Å². The van der Waals surface area contributed by atoms with Crippen LogP contribution in [0.4, 0.5) is 5.69 Å². The van der Waals surface area contributed by atoms with Crippen LogP contribution in [0.3, 0.4) is 0 Å². The first-order valence-electron chi connectivity index (χ1n) is 5.55. The maximum Gasteiger partial charge on any atom is 0.224 e. The Bertz CT molecular complexity index is 343. The highest BCUT2D eigenvalue weighted by molar-refractivity contribution is 5.92. The van der Waals surface area contributed by atoms with Gasteiger partial charge in [0.25, 0.3) is 0 Å². The first kappa shape index (κ1) is 10.2. The SMILES string of the molecule is CC(=O)N(c1ccccc1)[C@@H](C)C1CC1. The fraction of sp³-hybridized carbons (Fsp3) is 0.462. The lowest BCUT2D eigenvalue weighted by molar-refractivity contribution is -0.117. The lowest BCUT2D eigenvalue weighted by Crippen LogP contribution is -2.38. The second-order valence-electron chi connectivity index (χ2n) is 4.30. The quantitative estimate of drug-likeness (QED) is 0.739. The molecule has 1 aliphatic carbocycles. The minimum atomic E-state index is 0.139. The fourth-order valence-electron chi connectivity index (χ4n) is 2.08. The summed E-state index contributed by atoms with van der Waals surface area (Å²) in [6.45, 7) is 3.79. The Hall–Kier alpha value is -1.31. The number of carbonyl (C=O) groups excluding carboxylic acids is 1. The summed E-state index contributed by atoms with van der Waals surface area (Å²) in [5, 5.41) is 0. The number of amides is 1. The van der Waals surface area contributed by atoms with E-state index < -0.39 is 0 Å². The summed E-state index contributed by atoms with van der Waals surface area (Å²) in [6, 6.07) is 10.3. The standard InChI is InChI=1S/C13H17NO/c1-10(12-8-9-12)14(11(2)15)13-6-4-3-5-7-13/h3-7,10,12H,8-9H2,1-2H3/t10-/m0/s1. The Balaban J connectivity index is 2.23. The number of hydrogen-bond acceptors (Lipinski definition) is 1. The average Bonchev–Trinajstić information content (AvgIpc) is 3.02. The molecule has 1 aliphatic rings. The summed E-state index contributed by atoms with van der Waals surface area (Å²) in [4.78, 5) is 13.6. The molecule has 1 atom stereocenters. The summed E-state index contributed by atoms with van der Waals surface area (Å²) < 4.78 is 0. The van der Waals surface area contributed by atoms with E-state index in [4.69, 9.17) is 0 Å². The topological polar surface area (TPSA) is 20.3 Å². The van der Waals surface area contributed by atoms with E-state index in [1.54, 1.807) is 6.92 Å². The minimum absolute atomic E-state index is 0.139. The first-order valence-corrected chi connectivity index (χ1v) is 5.55. The third-order valence-electron chi connectivity index (χ3n) is 3.09. The predicted molar refractivity (Wildman–Crippen MR) is 61.8 cm³/mol. The highest BCUT2D eigenvalue weighted by Gasteiger charge is 2.33. The van der Waals surface area contributed by atoms with E-state index in [9.17, 15) is 4.79 Å². The van der Waals surface area contributed by atoms with E-state index in [1.807, 2.05) is 35.2 Å². The van der Waals surface area contributed by atoms with Crippen molar-refractivity contribution in [3.8, 4) is 0 Å². The van der Waals surface area contributed by atoms with Crippen molar-refractivity contribution >= 4 is 11.6 Å². The van der Waals surface area contributed by atoms with E-state index >= 15 is 0 Å². The van der Waals surface area contributed by atoms with Gasteiger partial charge in [-0.15, -0.1) is 0 Å². The van der Waals surface area contributed by atoms with E-state index in [2.05, 4.69) is 6.92 Å². The molecule has 2 heteroatoms. The number of hydrogen-bond donors (Lipinski definition) is 0. The Kier molecular flexibility index (Phi) is 2.76. The molecule has 1 amide bonds. The molecule has 1 aromatic rings. The van der Waals surface area contributed by atoms with E-state index in [-0.39, 0.29) is 5.91 Å². The second kappa shape index (κ2) is 4.05. The average molecular weight is 203 g/mol. The number of anilines is 1. The largest absolute Gasteiger partial charge is 0.310 e. The first-order chi connectivity index (χ1) is 7.20. The zero-order chi connectivity index (χ0) is 10.8. The zero-order valence-corrected chi connectivity index (χ0v) is 9.31. The Morgan fingerprint density at radius 2 is 1.93 bits per heavy atom. The number of rotatable bonds is 3. The van der Waals surface area contributed by atoms with Crippen molar-refractivity contribution in [2.45, 2.75) is 32.7 Å². The molecule has 80 valence electrons. The van der Waals surface area contributed by atoms with Crippen LogP contribution in [-0.2, 0) is 4.79 Å². The van der Waals surface area contributed by atoms with Gasteiger partial charge in [-0.2, -0.15) is 0 Å². The summed E-state index contributed by atoms with van der Waals surface area (Å²) in [5.74, 6) is 0.842. The lowest BCUT2D eigenvalue weighted by atomic mass is 10.1. The molecule has 0 radical (unpaired) electrons. The van der Waals surface area contributed by atoms with E-state index in [1.165, 1.54) is 12.8 Å². The highest BCUT2D eigenvalue weighted by atomic mass is 16.2. The monoisotopic (exact) mass is 203 g/mol. The van der Waals surface area contributed by atoms with Gasteiger partial charge in [0.1, 0.15) is 0 Å². The summed E-state index contributed by atoms with van der Waals surface area (Å²) in [7, 11) is 0. The van der Waals surface area contributed by atoms with Gasteiger partial charge in [-0.25, -0.2) is 0 Å². The second-order valence-corrected chi connectivity index (χ2v) is 4.30. The Morgan fingerprint density at radius 3 is 2.40 bits per heavy atom. The van der Waals surface area contributed by atoms with Crippen LogP contribution in [-0.4, -0.2) is 11.9 Å². The normalized spacial score (nSPS) is 17.2. The molecule has 0 saturated heterocycles. The number of nitrogens with zero attached hydrogens (tertiary/aromatic N) is 1. The molecule has 1 aromatic carbocycles. The van der Waals surface area contributed by atoms with Crippen LogP contribution in [0.1, 0.15) is 26.7 Å². The molecule has 0 aliphatic heterocycles. The molecule has 0 aromatic heterocycles. The molecule has 0 N–H and O–H groups in total. The smallest absolute Gasteiger partial charge is 0.224 e. The lowest BCUT2D eigenvalue weighted by Gasteiger charge is -2.28. The van der Waals surface area contributed by atoms with Crippen LogP contribution < -0.4 is 4.90 Å². The Labute approximate surface area is 90.9 Å². The van der Waals surface area contributed by atoms with Crippen LogP contribution >= 0.6 is 0 Å².